The molecule has 1 aromatic carbocycles. The summed E-state index contributed by atoms with van der Waals surface area (Å²) in [7, 11) is -3.29. The molecule has 1 aliphatic rings. The molecule has 1 N–H and O–H groups in total. The van der Waals surface area contributed by atoms with Crippen LogP contribution in [0.15, 0.2) is 30.3 Å². The van der Waals surface area contributed by atoms with Crippen molar-refractivity contribution in [3.63, 3.8) is 0 Å². The van der Waals surface area contributed by atoms with Gasteiger partial charge in [-0.25, -0.2) is 17.9 Å². The van der Waals surface area contributed by atoms with E-state index in [0.29, 0.717) is 13.0 Å². The van der Waals surface area contributed by atoms with E-state index in [2.05, 4.69) is 4.72 Å². The molecule has 1 atom stereocenters. The topological polar surface area (TPSA) is 75.7 Å². The van der Waals surface area contributed by atoms with E-state index in [4.69, 9.17) is 4.74 Å². The molecule has 0 aromatic heterocycles. The largest absolute Gasteiger partial charge is 0.443 e. The van der Waals surface area contributed by atoms with E-state index >= 15 is 0 Å². The second-order valence-corrected chi connectivity index (χ2v) is 6.90. The molecule has 1 unspecified atom stereocenters. The summed E-state index contributed by atoms with van der Waals surface area (Å²) in [5.41, 5.74) is 0.749. The van der Waals surface area contributed by atoms with Gasteiger partial charge in [0.25, 0.3) is 0 Å². The minimum Gasteiger partial charge on any atom is -0.443 e. The highest BCUT2D eigenvalue weighted by molar-refractivity contribution is 7.89. The number of benzene rings is 1. The lowest BCUT2D eigenvalue weighted by atomic mass is 10.3. The number of ether oxygens (including phenoxy) is 1. The van der Waals surface area contributed by atoms with E-state index in [0.717, 1.165) is 12.1 Å². The second-order valence-electron chi connectivity index (χ2n) is 4.97. The van der Waals surface area contributed by atoms with Gasteiger partial charge in [0.2, 0.25) is 10.0 Å². The van der Waals surface area contributed by atoms with Crippen LogP contribution in [-0.2, 0) is 14.8 Å². The van der Waals surface area contributed by atoms with Gasteiger partial charge in [0, 0.05) is 12.2 Å². The summed E-state index contributed by atoms with van der Waals surface area (Å²) in [6, 6.07) is 9.17. The zero-order valence-electron chi connectivity index (χ0n) is 12.0. The maximum absolute atomic E-state index is 11.8. The minimum absolute atomic E-state index is 0.104. The van der Waals surface area contributed by atoms with Crippen molar-refractivity contribution >= 4 is 21.8 Å². The highest BCUT2D eigenvalue weighted by atomic mass is 32.2. The van der Waals surface area contributed by atoms with Crippen molar-refractivity contribution in [3.8, 4) is 0 Å². The fraction of sp³-hybridized carbons (Fsp3) is 0.500. The molecule has 116 valence electrons. The molecule has 0 aliphatic carbocycles. The number of amides is 1. The average molecular weight is 312 g/mol. The summed E-state index contributed by atoms with van der Waals surface area (Å²) in [4.78, 5) is 13.3. The lowest BCUT2D eigenvalue weighted by Crippen LogP contribution is -2.35. The van der Waals surface area contributed by atoms with Crippen LogP contribution >= 0.6 is 0 Å². The number of carbonyl (C=O) groups is 1. The Hall–Kier alpha value is -1.60. The molecule has 0 bridgehead atoms. The van der Waals surface area contributed by atoms with Crippen LogP contribution in [0.25, 0.3) is 0 Å². The van der Waals surface area contributed by atoms with E-state index in [1.165, 1.54) is 4.90 Å². The van der Waals surface area contributed by atoms with Crippen LogP contribution in [0, 0.1) is 0 Å². The molecule has 6 nitrogen and oxygen atoms in total. The third kappa shape index (κ3) is 4.44. The van der Waals surface area contributed by atoms with Gasteiger partial charge in [0.1, 0.15) is 6.10 Å². The molecular formula is C14H20N2O4S. The van der Waals surface area contributed by atoms with Crippen LogP contribution in [0.3, 0.4) is 0 Å². The molecule has 1 saturated heterocycles. The summed E-state index contributed by atoms with van der Waals surface area (Å²) in [5.74, 6) is 0.104. The first-order valence-corrected chi connectivity index (χ1v) is 8.67. The zero-order chi connectivity index (χ0) is 15.3. The first kappa shape index (κ1) is 15.8. The number of cyclic esters (lactones) is 1. The Morgan fingerprint density at radius 2 is 2.05 bits per heavy atom. The standard InChI is InChI=1S/C14H20N2O4S/c1-2-3-9-21(18,19)15-10-13-11-16(14(17)20-13)12-7-5-4-6-8-12/h4-8,13,15H,2-3,9-11H2,1H3. The normalized spacial score (nSPS) is 18.8. The number of nitrogens with one attached hydrogen (secondary N) is 1. The van der Waals surface area contributed by atoms with Crippen molar-refractivity contribution in [3.05, 3.63) is 30.3 Å². The molecule has 2 rings (SSSR count). The Kier molecular flexibility index (Phi) is 5.19. The van der Waals surface area contributed by atoms with Gasteiger partial charge in [0.05, 0.1) is 12.3 Å². The molecule has 0 saturated carbocycles. The average Bonchev–Trinajstić information content (AvgIpc) is 2.85. The highest BCUT2D eigenvalue weighted by Crippen LogP contribution is 2.20. The van der Waals surface area contributed by atoms with Crippen molar-refractivity contribution in [1.82, 2.24) is 4.72 Å². The fourth-order valence-corrected chi connectivity index (χ4v) is 3.33. The first-order valence-electron chi connectivity index (χ1n) is 7.02. The van der Waals surface area contributed by atoms with Crippen LogP contribution < -0.4 is 9.62 Å². The lowest BCUT2D eigenvalue weighted by Gasteiger charge is -2.12. The van der Waals surface area contributed by atoms with E-state index < -0.39 is 22.2 Å². The number of unbranched alkanes of at least 4 members (excludes halogenated alkanes) is 1. The van der Waals surface area contributed by atoms with E-state index in [1.807, 2.05) is 37.3 Å². The van der Waals surface area contributed by atoms with Gasteiger partial charge in [-0.15, -0.1) is 0 Å². The predicted octanol–water partition coefficient (Wildman–Crippen LogP) is 1.73. The van der Waals surface area contributed by atoms with Gasteiger partial charge in [-0.05, 0) is 18.6 Å². The quantitative estimate of drug-likeness (QED) is 0.832. The van der Waals surface area contributed by atoms with Crippen LogP contribution in [0.2, 0.25) is 0 Å². The van der Waals surface area contributed by atoms with E-state index in [-0.39, 0.29) is 12.3 Å². The number of nitrogens with zero attached hydrogens (tertiary/aromatic N) is 1. The number of rotatable bonds is 7. The summed E-state index contributed by atoms with van der Waals surface area (Å²) < 4.78 is 31.1. The third-order valence-corrected chi connectivity index (χ3v) is 4.67. The number of carbonyl (C=O) groups excluding carboxylic acids is 1. The maximum atomic E-state index is 11.8. The van der Waals surface area contributed by atoms with Crippen molar-refractivity contribution < 1.29 is 17.9 Å². The highest BCUT2D eigenvalue weighted by Gasteiger charge is 2.32. The molecule has 21 heavy (non-hydrogen) atoms. The third-order valence-electron chi connectivity index (χ3n) is 3.24. The second kappa shape index (κ2) is 6.91. The SMILES string of the molecule is CCCCS(=O)(=O)NCC1CN(c2ccccc2)C(=O)O1. The Balaban J connectivity index is 1.89. The minimum atomic E-state index is -3.29. The molecule has 0 radical (unpaired) electrons. The van der Waals surface area contributed by atoms with E-state index in [1.54, 1.807) is 0 Å². The fourth-order valence-electron chi connectivity index (χ4n) is 2.07. The van der Waals surface area contributed by atoms with Crippen LogP contribution in [0.4, 0.5) is 10.5 Å². The Labute approximate surface area is 125 Å². The maximum Gasteiger partial charge on any atom is 0.414 e. The number of para-hydroxylation sites is 1. The van der Waals surface area contributed by atoms with Crippen LogP contribution in [0.1, 0.15) is 19.8 Å². The summed E-state index contributed by atoms with van der Waals surface area (Å²) in [5, 5.41) is 0. The Bertz CT molecular complexity index is 574. The zero-order valence-corrected chi connectivity index (χ0v) is 12.8. The molecule has 1 heterocycles. The molecule has 1 aromatic rings. The smallest absolute Gasteiger partial charge is 0.414 e. The van der Waals surface area contributed by atoms with Crippen molar-refractivity contribution in [2.24, 2.45) is 0 Å². The van der Waals surface area contributed by atoms with E-state index in [9.17, 15) is 13.2 Å². The Morgan fingerprint density at radius 1 is 1.33 bits per heavy atom. The first-order chi connectivity index (χ1) is 10.0. The summed E-state index contributed by atoms with van der Waals surface area (Å²) in [6.07, 6.45) is 0.532. The van der Waals surface area contributed by atoms with Crippen LogP contribution in [0.5, 0.6) is 0 Å². The van der Waals surface area contributed by atoms with Gasteiger partial charge < -0.3 is 4.74 Å². The molecule has 1 amide bonds. The number of hydrogen-bond donors (Lipinski definition) is 1. The molecule has 7 heteroatoms. The van der Waals surface area contributed by atoms with Crippen molar-refractivity contribution in [2.75, 3.05) is 23.7 Å². The van der Waals surface area contributed by atoms with Crippen molar-refractivity contribution in [1.29, 1.82) is 0 Å². The van der Waals surface area contributed by atoms with Gasteiger partial charge in [-0.3, -0.25) is 4.90 Å². The predicted molar refractivity (Wildman–Crippen MR) is 80.8 cm³/mol. The van der Waals surface area contributed by atoms with Gasteiger partial charge in [-0.1, -0.05) is 31.5 Å². The van der Waals surface area contributed by atoms with Crippen molar-refractivity contribution in [2.45, 2.75) is 25.9 Å². The van der Waals surface area contributed by atoms with Gasteiger partial charge >= 0.3 is 6.09 Å². The molecule has 1 aliphatic heterocycles. The number of anilines is 1. The summed E-state index contributed by atoms with van der Waals surface area (Å²) >= 11 is 0. The monoisotopic (exact) mass is 312 g/mol. The van der Waals surface area contributed by atoms with Gasteiger partial charge in [0.15, 0.2) is 0 Å². The summed E-state index contributed by atoms with van der Waals surface area (Å²) in [6.45, 7) is 2.40. The molecule has 0 spiro atoms. The molecular weight excluding hydrogens is 292 g/mol. The Morgan fingerprint density at radius 3 is 2.71 bits per heavy atom. The number of hydrogen-bond acceptors (Lipinski definition) is 4. The lowest BCUT2D eigenvalue weighted by molar-refractivity contribution is 0.143. The van der Waals surface area contributed by atoms with Crippen LogP contribution in [-0.4, -0.2) is 39.5 Å². The molecule has 1 fully saturated rings. The van der Waals surface area contributed by atoms with Gasteiger partial charge in [-0.2, -0.15) is 0 Å². The number of sulfonamides is 1.